The predicted octanol–water partition coefficient (Wildman–Crippen LogP) is 4.94. The summed E-state index contributed by atoms with van der Waals surface area (Å²) in [6, 6.07) is 17.1. The van der Waals surface area contributed by atoms with Gasteiger partial charge in [-0.15, -0.1) is 0 Å². The van der Waals surface area contributed by atoms with Gasteiger partial charge in [-0.1, -0.05) is 56.7 Å². The normalized spacial score (nSPS) is 12.9. The lowest BCUT2D eigenvalue weighted by Crippen LogP contribution is -2.30. The van der Waals surface area contributed by atoms with Crippen molar-refractivity contribution in [1.29, 1.82) is 0 Å². The van der Waals surface area contributed by atoms with Gasteiger partial charge in [0.05, 0.1) is 5.92 Å². The summed E-state index contributed by atoms with van der Waals surface area (Å²) >= 11 is 0. The van der Waals surface area contributed by atoms with Gasteiger partial charge in [0.25, 0.3) is 5.91 Å². The Morgan fingerprint density at radius 2 is 1.63 bits per heavy atom. The molecule has 0 radical (unpaired) electrons. The lowest BCUT2D eigenvalue weighted by Gasteiger charge is -2.23. The number of nitrogens with one attached hydrogen (secondary N) is 1. The predicted molar refractivity (Wildman–Crippen MR) is 111 cm³/mol. The Bertz CT molecular complexity index is 754. The van der Waals surface area contributed by atoms with Crippen molar-refractivity contribution < 1.29 is 9.59 Å². The van der Waals surface area contributed by atoms with Crippen molar-refractivity contribution in [3.05, 3.63) is 65.7 Å². The number of benzene rings is 2. The lowest BCUT2D eigenvalue weighted by atomic mass is 9.85. The molecular weight excluding hydrogens is 336 g/mol. The fraction of sp³-hybridized carbons (Fsp3) is 0.391. The van der Waals surface area contributed by atoms with Gasteiger partial charge in [-0.2, -0.15) is 0 Å². The first-order valence-electron chi connectivity index (χ1n) is 9.76. The molecule has 1 N–H and O–H groups in total. The van der Waals surface area contributed by atoms with Crippen molar-refractivity contribution in [2.45, 2.75) is 40.0 Å². The van der Waals surface area contributed by atoms with E-state index in [4.69, 9.17) is 0 Å². The number of nitrogens with zero attached hydrogens (tertiary/aromatic N) is 1. The minimum atomic E-state index is -0.224. The van der Waals surface area contributed by atoms with Gasteiger partial charge in [-0.3, -0.25) is 9.59 Å². The molecule has 0 heterocycles. The Morgan fingerprint density at radius 1 is 0.963 bits per heavy atom. The summed E-state index contributed by atoms with van der Waals surface area (Å²) in [5, 5.41) is 3.02. The summed E-state index contributed by atoms with van der Waals surface area (Å²) in [6.45, 7) is 9.44. The molecular formula is C23H30N2O2. The van der Waals surface area contributed by atoms with E-state index in [-0.39, 0.29) is 23.7 Å². The van der Waals surface area contributed by atoms with Crippen molar-refractivity contribution in [3.8, 4) is 0 Å². The number of amides is 2. The van der Waals surface area contributed by atoms with Crippen LogP contribution in [0, 0.1) is 5.92 Å². The van der Waals surface area contributed by atoms with Crippen LogP contribution in [0.4, 0.5) is 5.69 Å². The van der Waals surface area contributed by atoms with Gasteiger partial charge in [-0.05, 0) is 43.5 Å². The van der Waals surface area contributed by atoms with Crippen LogP contribution in [0.5, 0.6) is 0 Å². The van der Waals surface area contributed by atoms with E-state index in [1.807, 2.05) is 56.3 Å². The first-order valence-corrected chi connectivity index (χ1v) is 9.76. The maximum Gasteiger partial charge on any atom is 0.253 e. The third-order valence-electron chi connectivity index (χ3n) is 5.08. The first kappa shape index (κ1) is 20.7. The number of rotatable bonds is 8. The van der Waals surface area contributed by atoms with Crippen molar-refractivity contribution in [2.75, 3.05) is 18.4 Å². The van der Waals surface area contributed by atoms with Gasteiger partial charge in [0.15, 0.2) is 0 Å². The second-order valence-corrected chi connectivity index (χ2v) is 6.82. The van der Waals surface area contributed by atoms with Gasteiger partial charge in [0.2, 0.25) is 5.91 Å². The average Bonchev–Trinajstić information content (AvgIpc) is 2.69. The Kier molecular flexibility index (Phi) is 7.59. The van der Waals surface area contributed by atoms with E-state index in [1.165, 1.54) is 0 Å². The molecule has 27 heavy (non-hydrogen) atoms. The lowest BCUT2D eigenvalue weighted by molar-refractivity contribution is -0.118. The van der Waals surface area contributed by atoms with E-state index in [9.17, 15) is 9.59 Å². The minimum absolute atomic E-state index is 0.0161. The van der Waals surface area contributed by atoms with Crippen molar-refractivity contribution in [2.24, 2.45) is 5.92 Å². The van der Waals surface area contributed by atoms with Gasteiger partial charge in [0.1, 0.15) is 0 Å². The summed E-state index contributed by atoms with van der Waals surface area (Å²) in [5.41, 5.74) is 2.26. The number of carbonyl (C=O) groups excluding carboxylic acids is 2. The molecule has 0 saturated heterocycles. The Hall–Kier alpha value is -2.62. The van der Waals surface area contributed by atoms with Crippen molar-refractivity contribution >= 4 is 17.5 Å². The Balaban J connectivity index is 2.23. The molecule has 0 saturated carbocycles. The molecule has 0 aliphatic rings. The molecule has 0 spiro atoms. The summed E-state index contributed by atoms with van der Waals surface area (Å²) in [6.07, 6.45) is 0.910. The molecule has 0 aromatic heterocycles. The molecule has 144 valence electrons. The average molecular weight is 367 g/mol. The maximum absolute atomic E-state index is 13.0. The summed E-state index contributed by atoms with van der Waals surface area (Å²) in [7, 11) is 0. The van der Waals surface area contributed by atoms with E-state index < -0.39 is 0 Å². The molecule has 0 fully saturated rings. The zero-order chi connectivity index (χ0) is 19.8. The van der Waals surface area contributed by atoms with Crippen molar-refractivity contribution in [1.82, 2.24) is 4.90 Å². The third-order valence-corrected chi connectivity index (χ3v) is 5.08. The van der Waals surface area contributed by atoms with Crippen LogP contribution in [0.1, 0.15) is 56.0 Å². The fourth-order valence-electron chi connectivity index (χ4n) is 3.28. The zero-order valence-electron chi connectivity index (χ0n) is 16.7. The molecule has 0 bridgehead atoms. The van der Waals surface area contributed by atoms with Gasteiger partial charge in [0, 0.05) is 24.3 Å². The van der Waals surface area contributed by atoms with E-state index in [1.54, 1.807) is 17.0 Å². The molecule has 2 atom stereocenters. The van der Waals surface area contributed by atoms with Gasteiger partial charge in [-0.25, -0.2) is 0 Å². The molecule has 0 aliphatic carbocycles. The Labute approximate surface area is 162 Å². The van der Waals surface area contributed by atoms with Crippen LogP contribution in [0.25, 0.3) is 0 Å². The second kappa shape index (κ2) is 9.91. The molecule has 2 amide bonds. The standard InChI is InChI=1S/C23H30N2O2/c1-5-17(4)21(18-12-9-8-10-13-18)22(26)24-20-15-11-14-19(16-20)23(27)25(6-2)7-3/h8-17,21H,5-7H2,1-4H3,(H,24,26). The smallest absolute Gasteiger partial charge is 0.253 e. The van der Waals surface area contributed by atoms with E-state index in [0.29, 0.717) is 24.3 Å². The van der Waals surface area contributed by atoms with Crippen LogP contribution in [0.2, 0.25) is 0 Å². The topological polar surface area (TPSA) is 49.4 Å². The van der Waals surface area contributed by atoms with Crippen LogP contribution in [0.15, 0.2) is 54.6 Å². The number of hydrogen-bond acceptors (Lipinski definition) is 2. The van der Waals surface area contributed by atoms with Gasteiger partial charge < -0.3 is 10.2 Å². The second-order valence-electron chi connectivity index (χ2n) is 6.82. The highest BCUT2D eigenvalue weighted by atomic mass is 16.2. The molecule has 2 unspecified atom stereocenters. The molecule has 0 aliphatic heterocycles. The van der Waals surface area contributed by atoms with Crippen LogP contribution >= 0.6 is 0 Å². The van der Waals surface area contributed by atoms with E-state index in [0.717, 1.165) is 12.0 Å². The molecule has 4 heteroatoms. The van der Waals surface area contributed by atoms with E-state index in [2.05, 4.69) is 19.2 Å². The molecule has 2 aromatic carbocycles. The third kappa shape index (κ3) is 5.19. The van der Waals surface area contributed by atoms with Crippen LogP contribution in [-0.2, 0) is 4.79 Å². The molecule has 2 aromatic rings. The zero-order valence-corrected chi connectivity index (χ0v) is 16.7. The monoisotopic (exact) mass is 366 g/mol. The molecule has 2 rings (SSSR count). The van der Waals surface area contributed by atoms with Gasteiger partial charge >= 0.3 is 0 Å². The number of hydrogen-bond donors (Lipinski definition) is 1. The van der Waals surface area contributed by atoms with Crippen LogP contribution in [0.3, 0.4) is 0 Å². The number of anilines is 1. The highest BCUT2D eigenvalue weighted by Crippen LogP contribution is 2.28. The Morgan fingerprint density at radius 3 is 2.22 bits per heavy atom. The van der Waals surface area contributed by atoms with Crippen LogP contribution < -0.4 is 5.32 Å². The summed E-state index contributed by atoms with van der Waals surface area (Å²) < 4.78 is 0. The highest BCUT2D eigenvalue weighted by Gasteiger charge is 2.26. The summed E-state index contributed by atoms with van der Waals surface area (Å²) in [4.78, 5) is 27.4. The maximum atomic E-state index is 13.0. The van der Waals surface area contributed by atoms with Crippen LogP contribution in [-0.4, -0.2) is 29.8 Å². The minimum Gasteiger partial charge on any atom is -0.339 e. The fourth-order valence-corrected chi connectivity index (χ4v) is 3.28. The molecule has 4 nitrogen and oxygen atoms in total. The number of carbonyl (C=O) groups is 2. The van der Waals surface area contributed by atoms with Crippen molar-refractivity contribution in [3.63, 3.8) is 0 Å². The summed E-state index contributed by atoms with van der Waals surface area (Å²) in [5.74, 6) is -0.0631. The SMILES string of the molecule is CCC(C)C(C(=O)Nc1cccc(C(=O)N(CC)CC)c1)c1ccccc1. The van der Waals surface area contributed by atoms with E-state index >= 15 is 0 Å². The first-order chi connectivity index (χ1) is 13.0. The largest absolute Gasteiger partial charge is 0.339 e. The quantitative estimate of drug-likeness (QED) is 0.719. The highest BCUT2D eigenvalue weighted by molar-refractivity contribution is 5.99.